The molecule has 12 heteroatoms. The summed E-state index contributed by atoms with van der Waals surface area (Å²) in [6, 6.07) is 16.1. The quantitative estimate of drug-likeness (QED) is 0.232. The molecule has 230 valence electrons. The molecule has 0 heterocycles. The summed E-state index contributed by atoms with van der Waals surface area (Å²) < 4.78 is 34.5. The van der Waals surface area contributed by atoms with Crippen molar-refractivity contribution in [1.82, 2.24) is 10.2 Å². The fourth-order valence-corrected chi connectivity index (χ4v) is 6.95. The smallest absolute Gasteiger partial charge is 0.264 e. The third-order valence-corrected chi connectivity index (χ3v) is 9.97. The maximum atomic E-state index is 14.1. The first-order valence-corrected chi connectivity index (χ1v) is 16.6. The van der Waals surface area contributed by atoms with E-state index >= 15 is 0 Å². The maximum Gasteiger partial charge on any atom is 0.264 e. The number of nitrogens with zero attached hydrogens (tertiary/aromatic N) is 2. The third kappa shape index (κ3) is 8.35. The van der Waals surface area contributed by atoms with E-state index in [1.165, 1.54) is 29.2 Å². The molecule has 2 amide bonds. The molecule has 43 heavy (non-hydrogen) atoms. The normalized spacial score (nSPS) is 14.3. The molecule has 0 saturated heterocycles. The highest BCUT2D eigenvalue weighted by molar-refractivity contribution is 7.92. The first-order chi connectivity index (χ1) is 20.5. The summed E-state index contributed by atoms with van der Waals surface area (Å²) in [5.74, 6) is -0.359. The minimum atomic E-state index is -4.23. The molecule has 8 nitrogen and oxygen atoms in total. The second-order valence-corrected chi connectivity index (χ2v) is 13.5. The van der Waals surface area contributed by atoms with Crippen molar-refractivity contribution < 1.29 is 22.7 Å². The average Bonchev–Trinajstić information content (AvgIpc) is 3.49. The van der Waals surface area contributed by atoms with Crippen LogP contribution in [0.4, 0.5) is 5.69 Å². The molecule has 1 fully saturated rings. The van der Waals surface area contributed by atoms with E-state index in [2.05, 4.69) is 5.32 Å². The molecule has 3 aromatic carbocycles. The van der Waals surface area contributed by atoms with Gasteiger partial charge in [-0.2, -0.15) is 0 Å². The maximum absolute atomic E-state index is 14.1. The van der Waals surface area contributed by atoms with Gasteiger partial charge in [-0.1, -0.05) is 53.7 Å². The van der Waals surface area contributed by atoms with Crippen molar-refractivity contribution in [3.05, 3.63) is 87.4 Å². The molecular weight excluding hydrogens is 633 g/mol. The Morgan fingerprint density at radius 1 is 0.953 bits per heavy atom. The van der Waals surface area contributed by atoms with Crippen LogP contribution in [0.25, 0.3) is 0 Å². The van der Waals surface area contributed by atoms with Gasteiger partial charge in [0.15, 0.2) is 0 Å². The van der Waals surface area contributed by atoms with Crippen LogP contribution in [0, 0.1) is 0 Å². The topological polar surface area (TPSA) is 96.0 Å². The number of rotatable bonds is 12. The van der Waals surface area contributed by atoms with Gasteiger partial charge in [0.05, 0.1) is 17.2 Å². The van der Waals surface area contributed by atoms with Gasteiger partial charge in [0.2, 0.25) is 11.8 Å². The van der Waals surface area contributed by atoms with Crippen LogP contribution in [0.15, 0.2) is 71.6 Å². The minimum absolute atomic E-state index is 0.0355. The van der Waals surface area contributed by atoms with E-state index in [4.69, 9.17) is 39.5 Å². The molecule has 0 spiro atoms. The second kappa shape index (κ2) is 14.7. The molecular formula is C31H34Cl3N3O5S. The highest BCUT2D eigenvalue weighted by atomic mass is 35.5. The van der Waals surface area contributed by atoms with Crippen LogP contribution in [0.1, 0.15) is 45.1 Å². The summed E-state index contributed by atoms with van der Waals surface area (Å²) in [6.45, 7) is 3.29. The van der Waals surface area contributed by atoms with E-state index in [1.807, 2.05) is 6.92 Å². The number of hydrogen-bond acceptors (Lipinski definition) is 5. The van der Waals surface area contributed by atoms with Crippen molar-refractivity contribution in [2.45, 2.75) is 63.1 Å². The first-order valence-electron chi connectivity index (χ1n) is 14.0. The number of sulfonamides is 1. The Balaban J connectivity index is 1.70. The van der Waals surface area contributed by atoms with Crippen LogP contribution in [0.2, 0.25) is 15.1 Å². The van der Waals surface area contributed by atoms with Crippen molar-refractivity contribution in [2.75, 3.05) is 17.5 Å². The van der Waals surface area contributed by atoms with Crippen molar-refractivity contribution >= 4 is 62.3 Å². The highest BCUT2D eigenvalue weighted by Gasteiger charge is 2.33. The lowest BCUT2D eigenvalue weighted by atomic mass is 10.1. The van der Waals surface area contributed by atoms with Gasteiger partial charge < -0.3 is 15.0 Å². The number of carbonyl (C=O) groups excluding carboxylic acids is 2. The SMILES string of the molecule is CCOc1ccc(N(CC(=O)N(Cc2ccc(Cl)cc2Cl)[C@@H](C)C(=O)NC2CCCC2)S(=O)(=O)c2ccc(Cl)cc2)cc1. The molecule has 1 aliphatic rings. The zero-order valence-electron chi connectivity index (χ0n) is 23.9. The summed E-state index contributed by atoms with van der Waals surface area (Å²) in [4.78, 5) is 28.8. The largest absolute Gasteiger partial charge is 0.494 e. The van der Waals surface area contributed by atoms with E-state index in [0.717, 1.165) is 30.0 Å². The van der Waals surface area contributed by atoms with E-state index in [0.29, 0.717) is 33.0 Å². The van der Waals surface area contributed by atoms with Crippen LogP contribution in [-0.4, -0.2) is 50.4 Å². The van der Waals surface area contributed by atoms with Crippen LogP contribution in [0.5, 0.6) is 5.75 Å². The Morgan fingerprint density at radius 3 is 2.19 bits per heavy atom. The molecule has 0 aliphatic heterocycles. The fraction of sp³-hybridized carbons (Fsp3) is 0.355. The summed E-state index contributed by atoms with van der Waals surface area (Å²) in [7, 11) is -4.23. The lowest BCUT2D eigenvalue weighted by molar-refractivity contribution is -0.139. The van der Waals surface area contributed by atoms with E-state index in [9.17, 15) is 18.0 Å². The standard InChI is InChI=1S/C31H34Cl3N3O5S/c1-3-42-27-14-12-26(13-15-27)37(43(40,41)28-16-10-23(32)11-17-28)20-30(38)36(19-22-8-9-24(33)18-29(22)34)21(2)31(39)35-25-6-4-5-7-25/h8-18,21,25H,3-7,19-20H2,1-2H3,(H,35,39)/t21-/m0/s1. The number of amides is 2. The number of anilines is 1. The van der Waals surface area contributed by atoms with E-state index < -0.39 is 28.5 Å². The molecule has 0 bridgehead atoms. The Bertz CT molecular complexity index is 1530. The molecule has 1 aliphatic carbocycles. The monoisotopic (exact) mass is 665 g/mol. The van der Waals surface area contributed by atoms with Gasteiger partial charge in [0.1, 0.15) is 18.3 Å². The summed E-state index contributed by atoms with van der Waals surface area (Å²) >= 11 is 18.6. The number of hydrogen-bond donors (Lipinski definition) is 1. The second-order valence-electron chi connectivity index (χ2n) is 10.3. The molecule has 0 aromatic heterocycles. The first kappa shape index (κ1) is 32.9. The lowest BCUT2D eigenvalue weighted by Gasteiger charge is -2.32. The predicted octanol–water partition coefficient (Wildman–Crippen LogP) is 6.72. The van der Waals surface area contributed by atoms with Gasteiger partial charge in [-0.15, -0.1) is 0 Å². The van der Waals surface area contributed by atoms with Gasteiger partial charge in [-0.05, 0) is 92.9 Å². The van der Waals surface area contributed by atoms with E-state index in [1.54, 1.807) is 49.4 Å². The van der Waals surface area contributed by atoms with E-state index in [-0.39, 0.29) is 29.1 Å². The Hall–Kier alpha value is -2.98. The van der Waals surface area contributed by atoms with Crippen molar-refractivity contribution in [1.29, 1.82) is 0 Å². The van der Waals surface area contributed by atoms with Gasteiger partial charge in [-0.25, -0.2) is 8.42 Å². The highest BCUT2D eigenvalue weighted by Crippen LogP contribution is 2.28. The van der Waals surface area contributed by atoms with Gasteiger partial charge >= 0.3 is 0 Å². The minimum Gasteiger partial charge on any atom is -0.494 e. The number of carbonyl (C=O) groups is 2. The summed E-state index contributed by atoms with van der Waals surface area (Å²) in [5, 5.41) is 4.16. The number of benzene rings is 3. The number of halogens is 3. The Morgan fingerprint density at radius 2 is 1.58 bits per heavy atom. The predicted molar refractivity (Wildman–Crippen MR) is 170 cm³/mol. The van der Waals surface area contributed by atoms with Crippen molar-refractivity contribution in [2.24, 2.45) is 0 Å². The van der Waals surface area contributed by atoms with Crippen molar-refractivity contribution in [3.8, 4) is 5.75 Å². The van der Waals surface area contributed by atoms with Crippen LogP contribution < -0.4 is 14.4 Å². The Labute approximate surface area is 267 Å². The number of ether oxygens (including phenoxy) is 1. The molecule has 0 unspecified atom stereocenters. The van der Waals surface area contributed by atoms with Crippen LogP contribution in [0.3, 0.4) is 0 Å². The number of nitrogens with one attached hydrogen (secondary N) is 1. The lowest BCUT2D eigenvalue weighted by Crippen LogP contribution is -2.52. The zero-order chi connectivity index (χ0) is 31.1. The summed E-state index contributed by atoms with van der Waals surface area (Å²) in [6.07, 6.45) is 3.81. The average molecular weight is 667 g/mol. The summed E-state index contributed by atoms with van der Waals surface area (Å²) in [5.41, 5.74) is 0.812. The van der Waals surface area contributed by atoms with Crippen LogP contribution >= 0.6 is 34.8 Å². The van der Waals surface area contributed by atoms with Crippen LogP contribution in [-0.2, 0) is 26.2 Å². The third-order valence-electron chi connectivity index (χ3n) is 7.34. The molecule has 1 N–H and O–H groups in total. The molecule has 1 atom stereocenters. The fourth-order valence-electron chi connectivity index (χ4n) is 4.95. The zero-order valence-corrected chi connectivity index (χ0v) is 27.0. The molecule has 1 saturated carbocycles. The van der Waals surface area contributed by atoms with Gasteiger partial charge in [0.25, 0.3) is 10.0 Å². The van der Waals surface area contributed by atoms with Gasteiger partial charge in [0, 0.05) is 27.7 Å². The molecule has 4 rings (SSSR count). The van der Waals surface area contributed by atoms with Gasteiger partial charge in [-0.3, -0.25) is 13.9 Å². The molecule has 3 aromatic rings. The van der Waals surface area contributed by atoms with Crippen molar-refractivity contribution in [3.63, 3.8) is 0 Å². The Kier molecular flexibility index (Phi) is 11.2. The molecule has 0 radical (unpaired) electrons.